The van der Waals surface area contributed by atoms with Crippen molar-refractivity contribution in [3.05, 3.63) is 12.2 Å². The summed E-state index contributed by atoms with van der Waals surface area (Å²) in [5, 5.41) is 0. The smallest absolute Gasteiger partial charge is 0.166 e. The van der Waals surface area contributed by atoms with Crippen molar-refractivity contribution < 1.29 is 14.4 Å². The molecule has 3 heteroatoms. The Kier molecular flexibility index (Phi) is 2.22. The molecule has 0 aromatic heterocycles. The van der Waals surface area contributed by atoms with E-state index in [2.05, 4.69) is 0 Å². The summed E-state index contributed by atoms with van der Waals surface area (Å²) in [7, 11) is 0. The SMILES string of the molecule is CC(=O)C1C=CC(=O)C1C(C)=O. The van der Waals surface area contributed by atoms with Gasteiger partial charge in [0.05, 0.1) is 11.8 Å². The molecule has 0 aromatic carbocycles. The summed E-state index contributed by atoms with van der Waals surface area (Å²) in [5.74, 6) is -1.87. The number of rotatable bonds is 2. The van der Waals surface area contributed by atoms with E-state index >= 15 is 0 Å². The Morgan fingerprint density at radius 2 is 1.83 bits per heavy atom. The summed E-state index contributed by atoms with van der Waals surface area (Å²) in [6.45, 7) is 2.73. The molecule has 0 aromatic rings. The molecule has 0 radical (unpaired) electrons. The van der Waals surface area contributed by atoms with Gasteiger partial charge >= 0.3 is 0 Å². The van der Waals surface area contributed by atoms with Crippen molar-refractivity contribution >= 4 is 17.3 Å². The van der Waals surface area contributed by atoms with Crippen molar-refractivity contribution in [2.75, 3.05) is 0 Å². The third-order valence-corrected chi connectivity index (χ3v) is 2.04. The van der Waals surface area contributed by atoms with Crippen molar-refractivity contribution in [2.24, 2.45) is 11.8 Å². The highest BCUT2D eigenvalue weighted by atomic mass is 16.2. The second-order valence-corrected chi connectivity index (χ2v) is 2.99. The Bertz CT molecular complexity index is 275. The molecule has 0 N–H and O–H groups in total. The first kappa shape index (κ1) is 8.84. The van der Waals surface area contributed by atoms with Crippen molar-refractivity contribution in [3.8, 4) is 0 Å². The number of ketones is 3. The maximum atomic E-state index is 11.1. The summed E-state index contributed by atoms with van der Waals surface area (Å²) in [6.07, 6.45) is 2.83. The molecular weight excluding hydrogens is 156 g/mol. The lowest BCUT2D eigenvalue weighted by Crippen LogP contribution is -2.27. The van der Waals surface area contributed by atoms with Gasteiger partial charge in [0.15, 0.2) is 5.78 Å². The van der Waals surface area contributed by atoms with Crippen molar-refractivity contribution in [1.82, 2.24) is 0 Å². The number of hydrogen-bond donors (Lipinski definition) is 0. The molecule has 0 aliphatic heterocycles. The number of hydrogen-bond acceptors (Lipinski definition) is 3. The predicted octanol–water partition coefficient (Wildman–Crippen LogP) is 0.536. The van der Waals surface area contributed by atoms with Crippen LogP contribution >= 0.6 is 0 Å². The van der Waals surface area contributed by atoms with Gasteiger partial charge in [0.25, 0.3) is 0 Å². The third kappa shape index (κ3) is 1.35. The van der Waals surface area contributed by atoms with Gasteiger partial charge in [-0.1, -0.05) is 6.08 Å². The zero-order valence-electron chi connectivity index (χ0n) is 7.03. The number of carbonyl (C=O) groups is 3. The minimum absolute atomic E-state index is 0.127. The minimum Gasteiger partial charge on any atom is -0.299 e. The van der Waals surface area contributed by atoms with Gasteiger partial charge in [0.1, 0.15) is 11.6 Å². The third-order valence-electron chi connectivity index (χ3n) is 2.04. The second-order valence-electron chi connectivity index (χ2n) is 2.99. The van der Waals surface area contributed by atoms with Crippen LogP contribution in [-0.4, -0.2) is 17.3 Å². The van der Waals surface area contributed by atoms with Crippen LogP contribution in [-0.2, 0) is 14.4 Å². The molecule has 0 fully saturated rings. The van der Waals surface area contributed by atoms with Crippen molar-refractivity contribution in [2.45, 2.75) is 13.8 Å². The van der Waals surface area contributed by atoms with Gasteiger partial charge in [-0.25, -0.2) is 0 Å². The van der Waals surface area contributed by atoms with Gasteiger partial charge in [0.2, 0.25) is 0 Å². The van der Waals surface area contributed by atoms with E-state index in [1.807, 2.05) is 0 Å². The van der Waals surface area contributed by atoms with E-state index < -0.39 is 11.8 Å². The molecule has 64 valence electrons. The summed E-state index contributed by atoms with van der Waals surface area (Å²) in [5.41, 5.74) is 0. The van der Waals surface area contributed by atoms with Gasteiger partial charge in [-0.3, -0.25) is 14.4 Å². The van der Waals surface area contributed by atoms with Gasteiger partial charge in [0, 0.05) is 0 Å². The van der Waals surface area contributed by atoms with E-state index in [0.29, 0.717) is 0 Å². The fourth-order valence-corrected chi connectivity index (χ4v) is 1.41. The molecule has 0 saturated heterocycles. The normalized spacial score (nSPS) is 27.7. The van der Waals surface area contributed by atoms with Crippen LogP contribution in [0.5, 0.6) is 0 Å². The molecular formula is C9H10O3. The van der Waals surface area contributed by atoms with E-state index in [1.165, 1.54) is 26.0 Å². The van der Waals surface area contributed by atoms with Crippen LogP contribution in [0.25, 0.3) is 0 Å². The van der Waals surface area contributed by atoms with Gasteiger partial charge in [-0.15, -0.1) is 0 Å². The molecule has 0 saturated carbocycles. The fraction of sp³-hybridized carbons (Fsp3) is 0.444. The highest BCUT2D eigenvalue weighted by Crippen LogP contribution is 2.23. The first-order chi connectivity index (χ1) is 5.54. The quantitative estimate of drug-likeness (QED) is 0.562. The molecule has 0 bridgehead atoms. The number of Topliss-reactive ketones (excluding diaryl/α,β-unsaturated/α-hetero) is 2. The number of carbonyl (C=O) groups excluding carboxylic acids is 3. The van der Waals surface area contributed by atoms with E-state index in [1.54, 1.807) is 0 Å². The highest BCUT2D eigenvalue weighted by molar-refractivity contribution is 6.12. The molecule has 0 heterocycles. The lowest BCUT2D eigenvalue weighted by molar-refractivity contribution is -0.134. The summed E-state index contributed by atoms with van der Waals surface area (Å²) in [4.78, 5) is 33.0. The highest BCUT2D eigenvalue weighted by Gasteiger charge is 2.36. The van der Waals surface area contributed by atoms with Gasteiger partial charge < -0.3 is 0 Å². The van der Waals surface area contributed by atoms with Crippen LogP contribution in [0.1, 0.15) is 13.8 Å². The van der Waals surface area contributed by atoms with E-state index in [4.69, 9.17) is 0 Å². The molecule has 1 rings (SSSR count). The Hall–Kier alpha value is -1.25. The zero-order chi connectivity index (χ0) is 9.30. The molecule has 1 aliphatic carbocycles. The summed E-state index contributed by atoms with van der Waals surface area (Å²) >= 11 is 0. The van der Waals surface area contributed by atoms with Crippen molar-refractivity contribution in [3.63, 3.8) is 0 Å². The molecule has 0 amide bonds. The van der Waals surface area contributed by atoms with Crippen LogP contribution < -0.4 is 0 Å². The van der Waals surface area contributed by atoms with Crippen molar-refractivity contribution in [1.29, 1.82) is 0 Å². The van der Waals surface area contributed by atoms with Crippen LogP contribution in [0.15, 0.2) is 12.2 Å². The topological polar surface area (TPSA) is 51.2 Å². The first-order valence-corrected chi connectivity index (χ1v) is 3.77. The standard InChI is InChI=1S/C9H10O3/c1-5(10)7-3-4-8(12)9(7)6(2)11/h3-4,7,9H,1-2H3. The minimum atomic E-state index is -0.748. The van der Waals surface area contributed by atoms with E-state index in [-0.39, 0.29) is 17.3 Å². The van der Waals surface area contributed by atoms with E-state index in [9.17, 15) is 14.4 Å². The fourth-order valence-electron chi connectivity index (χ4n) is 1.41. The Morgan fingerprint density at radius 3 is 2.17 bits per heavy atom. The lowest BCUT2D eigenvalue weighted by atomic mass is 9.89. The van der Waals surface area contributed by atoms with Crippen LogP contribution in [0.3, 0.4) is 0 Å². The Labute approximate surface area is 70.4 Å². The average molecular weight is 166 g/mol. The Balaban J connectivity index is 2.91. The lowest BCUT2D eigenvalue weighted by Gasteiger charge is -2.10. The largest absolute Gasteiger partial charge is 0.299 e. The average Bonchev–Trinajstić information content (AvgIpc) is 2.30. The van der Waals surface area contributed by atoms with Crippen LogP contribution in [0, 0.1) is 11.8 Å². The molecule has 1 aliphatic rings. The van der Waals surface area contributed by atoms with E-state index in [0.717, 1.165) is 0 Å². The molecule has 3 nitrogen and oxygen atoms in total. The summed E-state index contributed by atoms with van der Waals surface area (Å²) < 4.78 is 0. The maximum Gasteiger partial charge on any atom is 0.166 e. The molecule has 0 spiro atoms. The Morgan fingerprint density at radius 1 is 1.25 bits per heavy atom. The summed E-state index contributed by atoms with van der Waals surface area (Å²) in [6, 6.07) is 0. The molecule has 2 atom stereocenters. The van der Waals surface area contributed by atoms with Crippen LogP contribution in [0.2, 0.25) is 0 Å². The van der Waals surface area contributed by atoms with Crippen LogP contribution in [0.4, 0.5) is 0 Å². The molecule has 2 unspecified atom stereocenters. The maximum absolute atomic E-state index is 11.1. The van der Waals surface area contributed by atoms with Gasteiger partial charge in [-0.2, -0.15) is 0 Å². The molecule has 12 heavy (non-hydrogen) atoms. The zero-order valence-corrected chi connectivity index (χ0v) is 7.03. The monoisotopic (exact) mass is 166 g/mol. The van der Waals surface area contributed by atoms with Gasteiger partial charge in [-0.05, 0) is 19.9 Å². The predicted molar refractivity (Wildman–Crippen MR) is 42.5 cm³/mol. The first-order valence-electron chi connectivity index (χ1n) is 3.77. The number of allylic oxidation sites excluding steroid dienone is 2. The second kappa shape index (κ2) is 3.01.